The third-order valence-corrected chi connectivity index (χ3v) is 3.09. The van der Waals surface area contributed by atoms with E-state index >= 15 is 0 Å². The Morgan fingerprint density at radius 1 is 1.00 bits per heavy atom. The van der Waals surface area contributed by atoms with E-state index in [1.54, 1.807) is 6.07 Å². The van der Waals surface area contributed by atoms with Crippen molar-refractivity contribution in [2.24, 2.45) is 0 Å². The number of nitrogens with two attached hydrogens (primary N) is 1. The van der Waals surface area contributed by atoms with Crippen molar-refractivity contribution >= 4 is 28.7 Å². The van der Waals surface area contributed by atoms with Crippen LogP contribution in [0.1, 0.15) is 0 Å². The number of rotatable bonds is 2. The van der Waals surface area contributed by atoms with Crippen LogP contribution in [0.15, 0.2) is 36.4 Å². The quantitative estimate of drug-likeness (QED) is 0.825. The van der Waals surface area contributed by atoms with E-state index in [0.29, 0.717) is 35.4 Å². The summed E-state index contributed by atoms with van der Waals surface area (Å²) >= 11 is 5.85. The Hall–Kier alpha value is -2.07. The van der Waals surface area contributed by atoms with Crippen LogP contribution in [0.4, 0.5) is 17.1 Å². The zero-order chi connectivity index (χ0) is 13.2. The maximum absolute atomic E-state index is 6.00. The molecule has 0 bridgehead atoms. The van der Waals surface area contributed by atoms with Gasteiger partial charge in [-0.1, -0.05) is 11.6 Å². The molecule has 98 valence electrons. The molecule has 4 nitrogen and oxygen atoms in total. The molecule has 5 heteroatoms. The van der Waals surface area contributed by atoms with Crippen LogP contribution in [0, 0.1) is 0 Å². The van der Waals surface area contributed by atoms with Gasteiger partial charge in [-0.2, -0.15) is 0 Å². The van der Waals surface area contributed by atoms with E-state index in [-0.39, 0.29) is 0 Å². The number of nitrogens with one attached hydrogen (secondary N) is 1. The lowest BCUT2D eigenvalue weighted by atomic mass is 10.2. The molecule has 0 radical (unpaired) electrons. The van der Waals surface area contributed by atoms with Crippen molar-refractivity contribution in [3.8, 4) is 11.5 Å². The van der Waals surface area contributed by atoms with Crippen LogP contribution in [-0.4, -0.2) is 13.2 Å². The number of fused-ring (bicyclic) bond motifs is 1. The van der Waals surface area contributed by atoms with Gasteiger partial charge in [-0.25, -0.2) is 0 Å². The number of anilines is 3. The number of ether oxygens (including phenoxy) is 2. The average molecular weight is 277 g/mol. The summed E-state index contributed by atoms with van der Waals surface area (Å²) < 4.78 is 11.0. The molecular formula is C14H13ClN2O2. The second-order valence-electron chi connectivity index (χ2n) is 4.22. The fourth-order valence-corrected chi connectivity index (χ4v) is 2.03. The van der Waals surface area contributed by atoms with Crippen molar-refractivity contribution in [2.75, 3.05) is 24.3 Å². The summed E-state index contributed by atoms with van der Waals surface area (Å²) in [4.78, 5) is 0. The predicted octanol–water partition coefficient (Wildman–Crippen LogP) is 3.44. The Labute approximate surface area is 116 Å². The molecule has 0 saturated heterocycles. The first-order valence-electron chi connectivity index (χ1n) is 5.94. The zero-order valence-corrected chi connectivity index (χ0v) is 10.9. The summed E-state index contributed by atoms with van der Waals surface area (Å²) in [5.41, 5.74) is 8.30. The molecule has 0 fully saturated rings. The smallest absolute Gasteiger partial charge is 0.163 e. The molecule has 0 saturated carbocycles. The molecule has 3 N–H and O–H groups in total. The first-order chi connectivity index (χ1) is 9.22. The summed E-state index contributed by atoms with van der Waals surface area (Å²) in [5.74, 6) is 1.39. The maximum atomic E-state index is 6.00. The van der Waals surface area contributed by atoms with Crippen molar-refractivity contribution in [3.05, 3.63) is 41.4 Å². The summed E-state index contributed by atoms with van der Waals surface area (Å²) in [6.45, 7) is 1.10. The van der Waals surface area contributed by atoms with Gasteiger partial charge in [0.25, 0.3) is 0 Å². The van der Waals surface area contributed by atoms with E-state index in [4.69, 9.17) is 26.8 Å². The number of hydrogen-bond acceptors (Lipinski definition) is 4. The second kappa shape index (κ2) is 4.90. The first kappa shape index (κ1) is 12.0. The SMILES string of the molecule is Nc1cc2c(cc1Nc1ccc(Cl)cc1)OCCO2. The highest BCUT2D eigenvalue weighted by Gasteiger charge is 2.14. The van der Waals surface area contributed by atoms with Crippen LogP contribution in [0.5, 0.6) is 11.5 Å². The molecule has 0 aromatic heterocycles. The number of hydrogen-bond donors (Lipinski definition) is 2. The fraction of sp³-hybridized carbons (Fsp3) is 0.143. The van der Waals surface area contributed by atoms with Crippen LogP contribution in [0.3, 0.4) is 0 Å². The van der Waals surface area contributed by atoms with Crippen LogP contribution >= 0.6 is 11.6 Å². The number of benzene rings is 2. The van der Waals surface area contributed by atoms with Crippen molar-refractivity contribution in [1.82, 2.24) is 0 Å². The van der Waals surface area contributed by atoms with E-state index < -0.39 is 0 Å². The van der Waals surface area contributed by atoms with E-state index in [1.165, 1.54) is 0 Å². The Morgan fingerprint density at radius 2 is 1.63 bits per heavy atom. The van der Waals surface area contributed by atoms with E-state index in [0.717, 1.165) is 11.4 Å². The van der Waals surface area contributed by atoms with E-state index in [9.17, 15) is 0 Å². The highest BCUT2D eigenvalue weighted by atomic mass is 35.5. The number of halogens is 1. The molecule has 1 aliphatic heterocycles. The molecule has 0 amide bonds. The molecule has 0 aliphatic carbocycles. The topological polar surface area (TPSA) is 56.5 Å². The third kappa shape index (κ3) is 2.53. The predicted molar refractivity (Wildman–Crippen MR) is 76.6 cm³/mol. The minimum absolute atomic E-state index is 0.552. The molecule has 1 heterocycles. The van der Waals surface area contributed by atoms with Crippen LogP contribution in [0.2, 0.25) is 5.02 Å². The molecule has 1 aliphatic rings. The van der Waals surface area contributed by atoms with Gasteiger partial charge in [-0.3, -0.25) is 0 Å². The van der Waals surface area contributed by atoms with Crippen molar-refractivity contribution in [1.29, 1.82) is 0 Å². The summed E-state index contributed by atoms with van der Waals surface area (Å²) in [7, 11) is 0. The highest BCUT2D eigenvalue weighted by molar-refractivity contribution is 6.30. The van der Waals surface area contributed by atoms with E-state index in [1.807, 2.05) is 30.3 Å². The van der Waals surface area contributed by atoms with Gasteiger partial charge in [0.15, 0.2) is 11.5 Å². The van der Waals surface area contributed by atoms with Crippen LogP contribution in [0.25, 0.3) is 0 Å². The minimum atomic E-state index is 0.552. The average Bonchev–Trinajstić information content (AvgIpc) is 2.42. The van der Waals surface area contributed by atoms with Gasteiger partial charge in [0.1, 0.15) is 13.2 Å². The van der Waals surface area contributed by atoms with Gasteiger partial charge in [-0.05, 0) is 24.3 Å². The fourth-order valence-electron chi connectivity index (χ4n) is 1.90. The molecule has 2 aromatic rings. The highest BCUT2D eigenvalue weighted by Crippen LogP contribution is 2.38. The van der Waals surface area contributed by atoms with Gasteiger partial charge < -0.3 is 20.5 Å². The molecule has 0 atom stereocenters. The summed E-state index contributed by atoms with van der Waals surface area (Å²) in [5, 5.41) is 3.93. The molecule has 3 rings (SSSR count). The molecule has 0 spiro atoms. The molecular weight excluding hydrogens is 264 g/mol. The molecule has 2 aromatic carbocycles. The lowest BCUT2D eigenvalue weighted by Crippen LogP contribution is -2.15. The van der Waals surface area contributed by atoms with Gasteiger partial charge in [0.2, 0.25) is 0 Å². The molecule has 19 heavy (non-hydrogen) atoms. The van der Waals surface area contributed by atoms with Gasteiger partial charge in [0, 0.05) is 22.8 Å². The normalized spacial score (nSPS) is 13.1. The third-order valence-electron chi connectivity index (χ3n) is 2.84. The Balaban J connectivity index is 1.90. The minimum Gasteiger partial charge on any atom is -0.486 e. The Bertz CT molecular complexity index is 599. The van der Waals surface area contributed by atoms with E-state index in [2.05, 4.69) is 5.32 Å². The monoisotopic (exact) mass is 276 g/mol. The standard InChI is InChI=1S/C14H13ClN2O2/c15-9-1-3-10(4-2-9)17-12-8-14-13(7-11(12)16)18-5-6-19-14/h1-4,7-8,17H,5-6,16H2. The lowest BCUT2D eigenvalue weighted by Gasteiger charge is -2.20. The largest absolute Gasteiger partial charge is 0.486 e. The van der Waals surface area contributed by atoms with Crippen molar-refractivity contribution < 1.29 is 9.47 Å². The first-order valence-corrected chi connectivity index (χ1v) is 6.32. The lowest BCUT2D eigenvalue weighted by molar-refractivity contribution is 0.172. The Kier molecular flexibility index (Phi) is 3.09. The van der Waals surface area contributed by atoms with Crippen molar-refractivity contribution in [3.63, 3.8) is 0 Å². The Morgan fingerprint density at radius 3 is 2.32 bits per heavy atom. The second-order valence-corrected chi connectivity index (χ2v) is 4.65. The van der Waals surface area contributed by atoms with Crippen LogP contribution in [-0.2, 0) is 0 Å². The zero-order valence-electron chi connectivity index (χ0n) is 10.2. The molecule has 0 unspecified atom stereocenters. The number of nitrogen functional groups attached to an aromatic ring is 1. The summed E-state index contributed by atoms with van der Waals surface area (Å²) in [6, 6.07) is 11.0. The maximum Gasteiger partial charge on any atom is 0.163 e. The summed E-state index contributed by atoms with van der Waals surface area (Å²) in [6.07, 6.45) is 0. The van der Waals surface area contributed by atoms with Crippen LogP contribution < -0.4 is 20.5 Å². The van der Waals surface area contributed by atoms with Gasteiger partial charge >= 0.3 is 0 Å². The van der Waals surface area contributed by atoms with Gasteiger partial charge in [0.05, 0.1) is 11.4 Å². The van der Waals surface area contributed by atoms with Gasteiger partial charge in [-0.15, -0.1) is 0 Å². The van der Waals surface area contributed by atoms with Crippen molar-refractivity contribution in [2.45, 2.75) is 0 Å².